The van der Waals surface area contributed by atoms with Crippen LogP contribution in [0.25, 0.3) is 0 Å². The number of phenols is 1. The van der Waals surface area contributed by atoms with Gasteiger partial charge < -0.3 is 15.2 Å². The molecule has 162 valence electrons. The Labute approximate surface area is 177 Å². The van der Waals surface area contributed by atoms with Gasteiger partial charge in [0.2, 0.25) is 15.7 Å². The zero-order chi connectivity index (χ0) is 22.7. The molecule has 0 bridgehead atoms. The monoisotopic (exact) mass is 433 g/mol. The van der Waals surface area contributed by atoms with Gasteiger partial charge in [0.1, 0.15) is 17.4 Å². The van der Waals surface area contributed by atoms with Crippen molar-refractivity contribution in [3.63, 3.8) is 0 Å². The van der Waals surface area contributed by atoms with Crippen LogP contribution in [-0.2, 0) is 30.6 Å². The second-order valence-electron chi connectivity index (χ2n) is 8.10. The van der Waals surface area contributed by atoms with Crippen molar-refractivity contribution in [2.45, 2.75) is 62.5 Å². The first-order valence-corrected chi connectivity index (χ1v) is 10.9. The van der Waals surface area contributed by atoms with Crippen molar-refractivity contribution in [3.8, 4) is 5.75 Å². The Kier molecular flexibility index (Phi) is 6.92. The third kappa shape index (κ3) is 6.06. The largest absolute Gasteiger partial charge is 0.508 e. The highest BCUT2D eigenvalue weighted by molar-refractivity contribution is 7.91. The highest BCUT2D eigenvalue weighted by Gasteiger charge is 2.29. The predicted molar refractivity (Wildman–Crippen MR) is 112 cm³/mol. The normalized spacial score (nSPS) is 12.8. The molecule has 0 radical (unpaired) electrons. The van der Waals surface area contributed by atoms with E-state index < -0.39 is 33.4 Å². The molecule has 0 heterocycles. The van der Waals surface area contributed by atoms with Crippen molar-refractivity contribution in [3.05, 3.63) is 53.6 Å². The summed E-state index contributed by atoms with van der Waals surface area (Å²) in [6.07, 6.45) is -0.116. The van der Waals surface area contributed by atoms with E-state index >= 15 is 0 Å². The van der Waals surface area contributed by atoms with Gasteiger partial charge in [-0.3, -0.25) is 4.79 Å². The molecule has 2 aromatic carbocycles. The number of carbonyl (C=O) groups is 2. The Morgan fingerprint density at radius 2 is 1.70 bits per heavy atom. The quantitative estimate of drug-likeness (QED) is 0.678. The van der Waals surface area contributed by atoms with Gasteiger partial charge >= 0.3 is 5.97 Å². The number of aromatic hydroxyl groups is 1. The summed E-state index contributed by atoms with van der Waals surface area (Å²) in [6.45, 7) is 8.20. The molecule has 0 fully saturated rings. The molecule has 2 N–H and O–H groups in total. The molecule has 0 aliphatic heterocycles. The molecule has 0 spiro atoms. The van der Waals surface area contributed by atoms with Gasteiger partial charge in [0, 0.05) is 13.3 Å². The van der Waals surface area contributed by atoms with Crippen molar-refractivity contribution in [2.24, 2.45) is 0 Å². The molecular formula is C22H27NO6S. The van der Waals surface area contributed by atoms with E-state index in [2.05, 4.69) is 5.32 Å². The van der Waals surface area contributed by atoms with Crippen LogP contribution in [0, 0.1) is 6.92 Å². The average molecular weight is 434 g/mol. The van der Waals surface area contributed by atoms with Crippen molar-refractivity contribution < 1.29 is 27.9 Å². The Hall–Kier alpha value is -2.87. The fourth-order valence-corrected chi connectivity index (χ4v) is 4.36. The van der Waals surface area contributed by atoms with Crippen molar-refractivity contribution in [1.82, 2.24) is 5.32 Å². The average Bonchev–Trinajstić information content (AvgIpc) is 2.61. The molecule has 0 aliphatic carbocycles. The van der Waals surface area contributed by atoms with E-state index in [4.69, 9.17) is 4.74 Å². The molecule has 7 nitrogen and oxygen atoms in total. The van der Waals surface area contributed by atoms with E-state index in [0.717, 1.165) is 11.6 Å². The number of carbonyl (C=O) groups excluding carboxylic acids is 2. The van der Waals surface area contributed by atoms with E-state index in [1.807, 2.05) is 6.92 Å². The summed E-state index contributed by atoms with van der Waals surface area (Å²) in [5.41, 5.74) is 0.401. The highest BCUT2D eigenvalue weighted by atomic mass is 32.2. The minimum atomic E-state index is -3.97. The molecule has 0 aromatic heterocycles. The zero-order valence-electron chi connectivity index (χ0n) is 17.7. The van der Waals surface area contributed by atoms with Crippen molar-refractivity contribution >= 4 is 21.7 Å². The van der Waals surface area contributed by atoms with Crippen LogP contribution in [0.1, 0.15) is 38.8 Å². The number of ether oxygens (including phenoxy) is 1. The summed E-state index contributed by atoms with van der Waals surface area (Å²) in [5.74, 6) is -1.35. The minimum Gasteiger partial charge on any atom is -0.508 e. The molecule has 30 heavy (non-hydrogen) atoms. The molecule has 0 saturated heterocycles. The molecule has 8 heteroatoms. The number of benzene rings is 2. The van der Waals surface area contributed by atoms with Crippen LogP contribution in [0.4, 0.5) is 0 Å². The molecule has 0 unspecified atom stereocenters. The molecule has 1 amide bonds. The fraction of sp³-hybridized carbons (Fsp3) is 0.364. The maximum Gasteiger partial charge on any atom is 0.329 e. The predicted octanol–water partition coefficient (Wildman–Crippen LogP) is 2.92. The van der Waals surface area contributed by atoms with E-state index in [9.17, 15) is 23.1 Å². The number of esters is 1. The van der Waals surface area contributed by atoms with Gasteiger partial charge in [-0.1, -0.05) is 23.8 Å². The number of sulfone groups is 1. The van der Waals surface area contributed by atoms with Crippen LogP contribution < -0.4 is 5.32 Å². The smallest absolute Gasteiger partial charge is 0.329 e. The lowest BCUT2D eigenvalue weighted by atomic mass is 10.0. The Morgan fingerprint density at radius 1 is 1.10 bits per heavy atom. The second kappa shape index (κ2) is 8.87. The number of hydrogen-bond donors (Lipinski definition) is 2. The first-order valence-electron chi connectivity index (χ1n) is 9.43. The number of hydrogen-bond acceptors (Lipinski definition) is 6. The first kappa shape index (κ1) is 23.4. The number of phenolic OH excluding ortho intramolecular Hbond substituents is 1. The van der Waals surface area contributed by atoms with Crippen LogP contribution in [0.2, 0.25) is 0 Å². The zero-order valence-corrected chi connectivity index (χ0v) is 18.5. The van der Waals surface area contributed by atoms with Gasteiger partial charge in [0.25, 0.3) is 0 Å². The highest BCUT2D eigenvalue weighted by Crippen LogP contribution is 2.29. The lowest BCUT2D eigenvalue weighted by Gasteiger charge is -2.25. The first-order chi connectivity index (χ1) is 13.8. The summed E-state index contributed by atoms with van der Waals surface area (Å²) >= 11 is 0. The molecule has 0 saturated carbocycles. The topological polar surface area (TPSA) is 110 Å². The van der Waals surface area contributed by atoms with Gasteiger partial charge in [-0.15, -0.1) is 0 Å². The molecule has 1 atom stereocenters. The Balaban J connectivity index is 2.49. The summed E-state index contributed by atoms with van der Waals surface area (Å²) < 4.78 is 31.8. The maximum absolute atomic E-state index is 13.2. The number of amides is 1. The van der Waals surface area contributed by atoms with Crippen LogP contribution in [-0.4, -0.2) is 37.0 Å². The number of aryl methyl sites for hydroxylation is 1. The second-order valence-corrected chi connectivity index (χ2v) is 10.0. The lowest BCUT2D eigenvalue weighted by molar-refractivity contribution is -0.158. The summed E-state index contributed by atoms with van der Waals surface area (Å²) in [4.78, 5) is 24.2. The Morgan fingerprint density at radius 3 is 2.23 bits per heavy atom. The van der Waals surface area contributed by atoms with E-state index in [1.165, 1.54) is 31.2 Å². The fourth-order valence-electron chi connectivity index (χ4n) is 2.84. The summed E-state index contributed by atoms with van der Waals surface area (Å²) in [6, 6.07) is 9.14. The summed E-state index contributed by atoms with van der Waals surface area (Å²) in [5, 5.41) is 12.4. The minimum absolute atomic E-state index is 0.0632. The van der Waals surface area contributed by atoms with E-state index in [0.29, 0.717) is 0 Å². The van der Waals surface area contributed by atoms with E-state index in [-0.39, 0.29) is 27.5 Å². The number of nitrogens with one attached hydrogen (secondary N) is 1. The maximum atomic E-state index is 13.2. The van der Waals surface area contributed by atoms with Gasteiger partial charge in [0.15, 0.2) is 0 Å². The SMILES string of the molecule is CC(=O)N[C@@H](Cc1ccc(O)cc1S(=O)(=O)c1ccc(C)cc1)C(=O)OC(C)(C)C. The van der Waals surface area contributed by atoms with Gasteiger partial charge in [-0.2, -0.15) is 0 Å². The van der Waals surface area contributed by atoms with Crippen LogP contribution in [0.5, 0.6) is 5.75 Å². The number of rotatable bonds is 6. The van der Waals surface area contributed by atoms with Crippen molar-refractivity contribution in [1.29, 1.82) is 0 Å². The molecule has 0 aliphatic rings. The lowest BCUT2D eigenvalue weighted by Crippen LogP contribution is -2.44. The van der Waals surface area contributed by atoms with Gasteiger partial charge in [-0.25, -0.2) is 13.2 Å². The van der Waals surface area contributed by atoms with Crippen LogP contribution in [0.3, 0.4) is 0 Å². The third-order valence-corrected chi connectivity index (χ3v) is 6.02. The standard InChI is InChI=1S/C22H27NO6S/c1-14-6-10-18(11-7-14)30(27,28)20-13-17(25)9-8-16(20)12-19(23-15(2)24)21(26)29-22(3,4)5/h6-11,13,19,25H,12H2,1-5H3,(H,23,24)/t19-/m0/s1. The van der Waals surface area contributed by atoms with Gasteiger partial charge in [0.05, 0.1) is 9.79 Å². The van der Waals surface area contributed by atoms with Gasteiger partial charge in [-0.05, 0) is 57.5 Å². The summed E-state index contributed by atoms with van der Waals surface area (Å²) in [7, 11) is -3.97. The third-order valence-electron chi connectivity index (χ3n) is 4.16. The van der Waals surface area contributed by atoms with Crippen LogP contribution >= 0.6 is 0 Å². The molecule has 2 aromatic rings. The van der Waals surface area contributed by atoms with Crippen molar-refractivity contribution in [2.75, 3.05) is 0 Å². The molecular weight excluding hydrogens is 406 g/mol. The van der Waals surface area contributed by atoms with E-state index in [1.54, 1.807) is 32.9 Å². The molecule has 2 rings (SSSR count). The van der Waals surface area contributed by atoms with Crippen LogP contribution in [0.15, 0.2) is 52.3 Å². The Bertz CT molecular complexity index is 1040.